The maximum absolute atomic E-state index is 11.7. The van der Waals surface area contributed by atoms with Crippen LogP contribution >= 0.6 is 0 Å². The normalized spacial score (nSPS) is 35.9. The molecule has 3 fully saturated rings. The topological polar surface area (TPSA) is 55.8 Å². The second-order valence-electron chi connectivity index (χ2n) is 13.2. The molecule has 6 atom stereocenters. The zero-order valence-corrected chi connectivity index (χ0v) is 24.1. The van der Waals surface area contributed by atoms with E-state index in [2.05, 4.69) is 59.9 Å². The number of rotatable bonds is 6. The molecule has 3 aliphatic carbocycles. The van der Waals surface area contributed by atoms with Gasteiger partial charge in [-0.1, -0.05) is 57.9 Å². The van der Waals surface area contributed by atoms with Gasteiger partial charge < -0.3 is 14.3 Å². The van der Waals surface area contributed by atoms with Crippen LogP contribution in [0, 0.1) is 23.2 Å². The van der Waals surface area contributed by atoms with E-state index >= 15 is 0 Å². The Kier molecular flexibility index (Phi) is 8.63. The Bertz CT molecular complexity index is 792. The van der Waals surface area contributed by atoms with Crippen molar-refractivity contribution in [3.63, 3.8) is 0 Å². The lowest BCUT2D eigenvalue weighted by molar-refractivity contribution is -0.148. The van der Waals surface area contributed by atoms with Crippen LogP contribution in [0.4, 0.5) is 0 Å². The lowest BCUT2D eigenvalue weighted by atomic mass is 9.61. The van der Waals surface area contributed by atoms with Crippen molar-refractivity contribution < 1.29 is 19.1 Å². The van der Waals surface area contributed by atoms with Gasteiger partial charge in [-0.15, -0.1) is 0 Å². The SMILES string of the molecule is CC(=O)O[C@@H]1C/C(=C/C=C2\CCC[C@]3(C)[C@@H]([C@H](C)CO)CC[C@@H]23)C[C@@H](O[Si](C)(C)C(C)(C)C)C1. The smallest absolute Gasteiger partial charge is 0.302 e. The zero-order chi connectivity index (χ0) is 25.3. The van der Waals surface area contributed by atoms with Gasteiger partial charge in [0.15, 0.2) is 8.32 Å². The standard InChI is InChI=1S/C29H50O4Si/c1-20(19-30)26-13-14-27-23(10-9-15-29(26,27)6)12-11-22-16-24(32-21(2)31)18-25(17-22)33-34(7,8)28(3,4)5/h11-12,20,24-27,30H,9-10,13-19H2,1-8H3/b22-11-,23-12+/t20-,24-,25-,26-,27+,29-/m1/s1. The molecule has 0 unspecified atom stereocenters. The van der Waals surface area contributed by atoms with Crippen molar-refractivity contribution in [1.29, 1.82) is 0 Å². The summed E-state index contributed by atoms with van der Waals surface area (Å²) >= 11 is 0. The molecule has 0 aromatic rings. The predicted molar refractivity (Wildman–Crippen MR) is 142 cm³/mol. The lowest BCUT2D eigenvalue weighted by Crippen LogP contribution is -2.46. The van der Waals surface area contributed by atoms with E-state index in [9.17, 15) is 9.90 Å². The summed E-state index contributed by atoms with van der Waals surface area (Å²) in [4.78, 5) is 11.7. The Balaban J connectivity index is 1.80. The molecule has 0 radical (unpaired) electrons. The van der Waals surface area contributed by atoms with Crippen LogP contribution in [0.3, 0.4) is 0 Å². The largest absolute Gasteiger partial charge is 0.462 e. The van der Waals surface area contributed by atoms with Crippen LogP contribution in [0.15, 0.2) is 23.3 Å². The molecule has 0 spiro atoms. The number of hydrogen-bond acceptors (Lipinski definition) is 4. The molecule has 3 saturated carbocycles. The first-order valence-corrected chi connectivity index (χ1v) is 16.5. The van der Waals surface area contributed by atoms with E-state index < -0.39 is 8.32 Å². The summed E-state index contributed by atoms with van der Waals surface area (Å²) in [7, 11) is -1.90. The molecule has 0 heterocycles. The van der Waals surface area contributed by atoms with Crippen LogP contribution in [-0.4, -0.2) is 38.2 Å². The monoisotopic (exact) mass is 490 g/mol. The Hall–Kier alpha value is -0.913. The van der Waals surface area contributed by atoms with Crippen LogP contribution < -0.4 is 0 Å². The van der Waals surface area contributed by atoms with E-state index in [0.717, 1.165) is 19.3 Å². The number of carbonyl (C=O) groups is 1. The van der Waals surface area contributed by atoms with Gasteiger partial charge in [-0.25, -0.2) is 0 Å². The lowest BCUT2D eigenvalue weighted by Gasteiger charge is -2.44. The van der Waals surface area contributed by atoms with Gasteiger partial charge in [-0.05, 0) is 79.8 Å². The molecule has 0 saturated heterocycles. The highest BCUT2D eigenvalue weighted by Gasteiger charge is 2.50. The fourth-order valence-electron chi connectivity index (χ4n) is 6.84. The highest BCUT2D eigenvalue weighted by Crippen LogP contribution is 2.59. The molecule has 5 heteroatoms. The van der Waals surface area contributed by atoms with Crippen molar-refractivity contribution >= 4 is 14.3 Å². The van der Waals surface area contributed by atoms with Crippen molar-refractivity contribution in [1.82, 2.24) is 0 Å². The minimum atomic E-state index is -1.90. The number of carbonyl (C=O) groups excluding carboxylic acids is 1. The van der Waals surface area contributed by atoms with Gasteiger partial charge in [0.2, 0.25) is 0 Å². The van der Waals surface area contributed by atoms with E-state index in [1.165, 1.54) is 44.6 Å². The molecule has 0 bridgehead atoms. The van der Waals surface area contributed by atoms with Crippen LogP contribution in [0.25, 0.3) is 0 Å². The Morgan fingerprint density at radius 3 is 2.50 bits per heavy atom. The van der Waals surface area contributed by atoms with Gasteiger partial charge in [-0.2, -0.15) is 0 Å². The molecule has 0 aromatic carbocycles. The van der Waals surface area contributed by atoms with E-state index in [4.69, 9.17) is 9.16 Å². The third kappa shape index (κ3) is 6.07. The van der Waals surface area contributed by atoms with Gasteiger partial charge >= 0.3 is 5.97 Å². The third-order valence-corrected chi connectivity index (χ3v) is 14.2. The first-order chi connectivity index (χ1) is 15.8. The van der Waals surface area contributed by atoms with Crippen molar-refractivity contribution in [2.24, 2.45) is 23.2 Å². The summed E-state index contributed by atoms with van der Waals surface area (Å²) in [6.07, 6.45) is 13.5. The molecule has 1 N–H and O–H groups in total. The molecule has 3 rings (SSSR count). The fourth-order valence-corrected chi connectivity index (χ4v) is 8.20. The number of fused-ring (bicyclic) bond motifs is 1. The van der Waals surface area contributed by atoms with Crippen LogP contribution in [0.1, 0.15) is 92.9 Å². The molecule has 0 aliphatic heterocycles. The predicted octanol–water partition coefficient (Wildman–Crippen LogP) is 7.19. The summed E-state index contributed by atoms with van der Waals surface area (Å²) in [5.41, 5.74) is 3.25. The summed E-state index contributed by atoms with van der Waals surface area (Å²) in [6, 6.07) is 0. The Morgan fingerprint density at radius 1 is 1.21 bits per heavy atom. The fraction of sp³-hybridized carbons (Fsp3) is 0.828. The quantitative estimate of drug-likeness (QED) is 0.316. The molecule has 194 valence electrons. The molecule has 4 nitrogen and oxygen atoms in total. The second-order valence-corrected chi connectivity index (χ2v) is 18.0. The second kappa shape index (κ2) is 10.6. The highest BCUT2D eigenvalue weighted by molar-refractivity contribution is 6.74. The summed E-state index contributed by atoms with van der Waals surface area (Å²) in [5.74, 6) is 1.42. The van der Waals surface area contributed by atoms with Crippen molar-refractivity contribution in [2.75, 3.05) is 6.61 Å². The number of esters is 1. The van der Waals surface area contributed by atoms with Crippen LogP contribution in [-0.2, 0) is 14.0 Å². The number of allylic oxidation sites excluding steroid dienone is 3. The molecular weight excluding hydrogens is 440 g/mol. The third-order valence-electron chi connectivity index (χ3n) is 9.65. The molecule has 34 heavy (non-hydrogen) atoms. The average Bonchev–Trinajstić information content (AvgIpc) is 3.07. The van der Waals surface area contributed by atoms with E-state index in [1.54, 1.807) is 5.57 Å². The summed E-state index contributed by atoms with van der Waals surface area (Å²) in [5, 5.41) is 9.97. The van der Waals surface area contributed by atoms with E-state index in [1.807, 2.05) is 0 Å². The zero-order valence-electron chi connectivity index (χ0n) is 23.1. The number of aliphatic hydroxyl groups is 1. The summed E-state index contributed by atoms with van der Waals surface area (Å²) in [6.45, 7) is 17.9. The van der Waals surface area contributed by atoms with Gasteiger partial charge in [0.1, 0.15) is 6.10 Å². The van der Waals surface area contributed by atoms with E-state index in [0.29, 0.717) is 29.8 Å². The minimum absolute atomic E-state index is 0.0939. The van der Waals surface area contributed by atoms with E-state index in [-0.39, 0.29) is 23.2 Å². The minimum Gasteiger partial charge on any atom is -0.462 e. The molecule has 0 aromatic heterocycles. The van der Waals surface area contributed by atoms with Crippen molar-refractivity contribution in [2.45, 2.75) is 123 Å². The van der Waals surface area contributed by atoms with Crippen molar-refractivity contribution in [3.05, 3.63) is 23.3 Å². The first kappa shape index (κ1) is 27.7. The van der Waals surface area contributed by atoms with Crippen molar-refractivity contribution in [3.8, 4) is 0 Å². The summed E-state index contributed by atoms with van der Waals surface area (Å²) < 4.78 is 12.5. The number of hydrogen-bond donors (Lipinski definition) is 1. The van der Waals surface area contributed by atoms with Gasteiger partial charge in [0.25, 0.3) is 0 Å². The maximum Gasteiger partial charge on any atom is 0.302 e. The Morgan fingerprint density at radius 2 is 1.88 bits per heavy atom. The molecular formula is C29H50O4Si. The Labute approximate surface area is 209 Å². The van der Waals surface area contributed by atoms with Crippen LogP contribution in [0.5, 0.6) is 0 Å². The van der Waals surface area contributed by atoms with Gasteiger partial charge in [0.05, 0.1) is 6.10 Å². The molecule has 3 aliphatic rings. The molecule has 0 amide bonds. The maximum atomic E-state index is 11.7. The highest BCUT2D eigenvalue weighted by atomic mass is 28.4. The average molecular weight is 491 g/mol. The van der Waals surface area contributed by atoms with Gasteiger partial charge in [0, 0.05) is 26.4 Å². The number of ether oxygens (including phenoxy) is 1. The number of aliphatic hydroxyl groups excluding tert-OH is 1. The van der Waals surface area contributed by atoms with Crippen LogP contribution in [0.2, 0.25) is 18.1 Å². The van der Waals surface area contributed by atoms with Gasteiger partial charge in [-0.3, -0.25) is 4.79 Å². The first-order valence-electron chi connectivity index (χ1n) is 13.6.